The number of phosphoric ester groups is 2. The van der Waals surface area contributed by atoms with Crippen molar-refractivity contribution >= 4 is 39.5 Å². The molecule has 0 aromatic carbocycles. The largest absolute Gasteiger partial charge is 0.472 e. The molecule has 0 saturated heterocycles. The van der Waals surface area contributed by atoms with E-state index in [1.54, 1.807) is 0 Å². The Hall–Kier alpha value is -1.94. The van der Waals surface area contributed by atoms with Crippen LogP contribution in [0.1, 0.15) is 369 Å². The van der Waals surface area contributed by atoms with E-state index in [-0.39, 0.29) is 25.7 Å². The van der Waals surface area contributed by atoms with Crippen molar-refractivity contribution in [2.24, 2.45) is 11.8 Å². The number of aliphatic hydroxyl groups is 1. The summed E-state index contributed by atoms with van der Waals surface area (Å²) in [6.45, 7) is 9.52. The van der Waals surface area contributed by atoms with Gasteiger partial charge in [-0.1, -0.05) is 318 Å². The van der Waals surface area contributed by atoms with Gasteiger partial charge in [0, 0.05) is 25.7 Å². The van der Waals surface area contributed by atoms with Gasteiger partial charge in [-0.05, 0) is 37.5 Å². The number of rotatable bonds is 71. The summed E-state index contributed by atoms with van der Waals surface area (Å²) in [5, 5.41) is 10.6. The van der Waals surface area contributed by atoms with E-state index in [0.717, 1.165) is 108 Å². The second-order valence-electron chi connectivity index (χ2n) is 26.9. The van der Waals surface area contributed by atoms with Gasteiger partial charge >= 0.3 is 39.5 Å². The zero-order valence-electron chi connectivity index (χ0n) is 59.1. The van der Waals surface area contributed by atoms with E-state index >= 15 is 0 Å². The topological polar surface area (TPSA) is 237 Å². The van der Waals surface area contributed by atoms with E-state index in [4.69, 9.17) is 37.0 Å². The van der Waals surface area contributed by atoms with E-state index < -0.39 is 97.5 Å². The summed E-state index contributed by atoms with van der Waals surface area (Å²) in [6.07, 6.45) is 50.0. The predicted molar refractivity (Wildman–Crippen MR) is 368 cm³/mol. The average Bonchev–Trinajstić information content (AvgIpc) is 3.72. The van der Waals surface area contributed by atoms with E-state index in [2.05, 4.69) is 41.5 Å². The molecule has 19 heteroatoms. The third-order valence-corrected chi connectivity index (χ3v) is 18.6. The number of carbonyl (C=O) groups excluding carboxylic acids is 4. The van der Waals surface area contributed by atoms with E-state index in [1.165, 1.54) is 180 Å². The fourth-order valence-corrected chi connectivity index (χ4v) is 12.5. The minimum Gasteiger partial charge on any atom is -0.462 e. The number of ether oxygens (including phenoxy) is 4. The first-order chi connectivity index (χ1) is 43.9. The van der Waals surface area contributed by atoms with Gasteiger partial charge < -0.3 is 33.8 Å². The molecule has 0 rings (SSSR count). The monoisotopic (exact) mass is 1340 g/mol. The molecule has 0 fully saturated rings. The second-order valence-corrected chi connectivity index (χ2v) is 29.8. The van der Waals surface area contributed by atoms with Crippen LogP contribution in [0.3, 0.4) is 0 Å². The Morgan fingerprint density at radius 1 is 0.297 bits per heavy atom. The zero-order chi connectivity index (χ0) is 67.2. The molecule has 0 aliphatic rings. The molecule has 2 unspecified atom stereocenters. The van der Waals surface area contributed by atoms with Gasteiger partial charge in [-0.15, -0.1) is 0 Å². The Labute approximate surface area is 556 Å². The highest BCUT2D eigenvalue weighted by Gasteiger charge is 2.30. The highest BCUT2D eigenvalue weighted by atomic mass is 31.2. The first-order valence-electron chi connectivity index (χ1n) is 37.5. The van der Waals surface area contributed by atoms with Crippen molar-refractivity contribution in [2.45, 2.75) is 387 Å². The summed E-state index contributed by atoms with van der Waals surface area (Å²) in [6, 6.07) is 0. The van der Waals surface area contributed by atoms with Crippen LogP contribution in [0.2, 0.25) is 0 Å². The molecule has 0 spiro atoms. The molecule has 0 bridgehead atoms. The Kier molecular flexibility index (Phi) is 62.7. The fourth-order valence-electron chi connectivity index (χ4n) is 10.9. The van der Waals surface area contributed by atoms with Crippen molar-refractivity contribution in [3.63, 3.8) is 0 Å². The van der Waals surface area contributed by atoms with Crippen LogP contribution in [-0.4, -0.2) is 96.7 Å². The van der Waals surface area contributed by atoms with Gasteiger partial charge in [0.25, 0.3) is 0 Å². The summed E-state index contributed by atoms with van der Waals surface area (Å²) < 4.78 is 68.3. The molecule has 0 radical (unpaired) electrons. The van der Waals surface area contributed by atoms with Crippen LogP contribution >= 0.6 is 15.6 Å². The van der Waals surface area contributed by atoms with Gasteiger partial charge in [0.2, 0.25) is 0 Å². The summed E-state index contributed by atoms with van der Waals surface area (Å²) in [4.78, 5) is 72.5. The number of carbonyl (C=O) groups is 4. The molecule has 91 heavy (non-hydrogen) atoms. The molecule has 0 amide bonds. The van der Waals surface area contributed by atoms with Crippen LogP contribution in [0.15, 0.2) is 0 Å². The normalized spacial score (nSPS) is 14.1. The number of aliphatic hydroxyl groups excluding tert-OH is 1. The molecule has 0 heterocycles. The first kappa shape index (κ1) is 89.1. The zero-order valence-corrected chi connectivity index (χ0v) is 60.9. The van der Waals surface area contributed by atoms with Crippen LogP contribution in [0.25, 0.3) is 0 Å². The van der Waals surface area contributed by atoms with Gasteiger partial charge in [0.1, 0.15) is 19.3 Å². The van der Waals surface area contributed by atoms with Crippen molar-refractivity contribution in [1.29, 1.82) is 0 Å². The molecule has 0 aromatic rings. The minimum atomic E-state index is -4.95. The fraction of sp³-hybridized carbons (Fsp3) is 0.944. The highest BCUT2D eigenvalue weighted by Crippen LogP contribution is 2.45. The van der Waals surface area contributed by atoms with E-state index in [0.29, 0.717) is 25.7 Å². The molecule has 0 aromatic heterocycles. The number of unbranched alkanes of at least 4 members (excludes halogenated alkanes) is 41. The van der Waals surface area contributed by atoms with Crippen LogP contribution < -0.4 is 0 Å². The van der Waals surface area contributed by atoms with Gasteiger partial charge in [-0.25, -0.2) is 9.13 Å². The quantitative estimate of drug-likeness (QED) is 0.0222. The van der Waals surface area contributed by atoms with Crippen LogP contribution in [0.4, 0.5) is 0 Å². The average molecular weight is 1340 g/mol. The van der Waals surface area contributed by atoms with Crippen molar-refractivity contribution in [1.82, 2.24) is 0 Å². The molecule has 3 N–H and O–H groups in total. The maximum absolute atomic E-state index is 13.0. The van der Waals surface area contributed by atoms with Crippen molar-refractivity contribution in [3.05, 3.63) is 0 Å². The lowest BCUT2D eigenvalue weighted by molar-refractivity contribution is -0.161. The van der Waals surface area contributed by atoms with Gasteiger partial charge in [-0.2, -0.15) is 0 Å². The molecule has 0 saturated carbocycles. The summed E-state index contributed by atoms with van der Waals surface area (Å²) in [5.41, 5.74) is 0. The predicted octanol–water partition coefficient (Wildman–Crippen LogP) is 20.8. The lowest BCUT2D eigenvalue weighted by Crippen LogP contribution is -2.30. The maximum atomic E-state index is 13.0. The first-order valence-corrected chi connectivity index (χ1v) is 40.5. The number of hydrogen-bond acceptors (Lipinski definition) is 15. The van der Waals surface area contributed by atoms with Crippen molar-refractivity contribution in [3.8, 4) is 0 Å². The molecule has 0 aliphatic heterocycles. The summed E-state index contributed by atoms with van der Waals surface area (Å²) >= 11 is 0. The van der Waals surface area contributed by atoms with Crippen molar-refractivity contribution < 1.29 is 80.2 Å². The molecular weight excluding hydrogens is 1200 g/mol. The van der Waals surface area contributed by atoms with Gasteiger partial charge in [0.15, 0.2) is 12.2 Å². The molecule has 540 valence electrons. The SMILES string of the molecule is CCCCCCCCCCCCCCCCCCC(=O)OC[C@H](COP(=O)(O)OC[C@@H](O)COP(=O)(O)OC[C@@H](COC(=O)CCCCCCCCCC)OC(=O)CCCCCCCCCCC(C)C)OC(=O)CCCCCCCCCCCCCCCC(C)C. The smallest absolute Gasteiger partial charge is 0.462 e. The van der Waals surface area contributed by atoms with E-state index in [9.17, 15) is 43.2 Å². The maximum Gasteiger partial charge on any atom is 0.472 e. The number of esters is 4. The molecular formula is C72H140O17P2. The van der Waals surface area contributed by atoms with Crippen LogP contribution in [-0.2, 0) is 65.4 Å². The molecule has 17 nitrogen and oxygen atoms in total. The number of phosphoric acid groups is 2. The summed E-state index contributed by atoms with van der Waals surface area (Å²) in [5.74, 6) is -0.619. The van der Waals surface area contributed by atoms with Crippen LogP contribution in [0, 0.1) is 11.8 Å². The Bertz CT molecular complexity index is 1770. The lowest BCUT2D eigenvalue weighted by atomic mass is 10.0. The number of hydrogen-bond donors (Lipinski definition) is 3. The third-order valence-electron chi connectivity index (χ3n) is 16.7. The minimum absolute atomic E-state index is 0.104. The Morgan fingerprint density at radius 2 is 0.505 bits per heavy atom. The molecule has 5 atom stereocenters. The molecule has 0 aliphatic carbocycles. The highest BCUT2D eigenvalue weighted by molar-refractivity contribution is 7.47. The summed E-state index contributed by atoms with van der Waals surface area (Å²) in [7, 11) is -9.90. The van der Waals surface area contributed by atoms with Crippen LogP contribution in [0.5, 0.6) is 0 Å². The van der Waals surface area contributed by atoms with Crippen molar-refractivity contribution in [2.75, 3.05) is 39.6 Å². The van der Waals surface area contributed by atoms with E-state index in [1.807, 2.05) is 0 Å². The third kappa shape index (κ3) is 66.5. The van der Waals surface area contributed by atoms with Gasteiger partial charge in [0.05, 0.1) is 26.4 Å². The standard InChI is InChI=1S/C72H140O17P2/c1-7-9-11-13-15-17-18-19-20-21-24-27-30-37-43-49-55-70(75)83-61-68(88-71(76)56-50-44-38-31-28-25-22-23-26-29-34-40-46-52-64(3)4)63-87-91(80,81)85-59-66(73)58-84-90(78,79)86-62-67(60-82-69(74)54-48-42-36-16-14-12-10-8-2)89-72(77)57-51-45-39-33-32-35-41-47-53-65(5)6/h64-68,73H,7-63H2,1-6H3,(H,78,79)(H,80,81)/t66-,67+,68+/m0/s1. The lowest BCUT2D eigenvalue weighted by Gasteiger charge is -2.21. The Balaban J connectivity index is 5.22. The second kappa shape index (κ2) is 64.1. The Morgan fingerprint density at radius 3 is 0.747 bits per heavy atom. The van der Waals surface area contributed by atoms with Gasteiger partial charge in [-0.3, -0.25) is 37.3 Å².